The van der Waals surface area contributed by atoms with Gasteiger partial charge in [0, 0.05) is 25.1 Å². The van der Waals surface area contributed by atoms with Crippen LogP contribution in [0.4, 0.5) is 0 Å². The first-order valence-corrected chi connectivity index (χ1v) is 6.68. The van der Waals surface area contributed by atoms with Gasteiger partial charge < -0.3 is 10.1 Å². The predicted molar refractivity (Wildman–Crippen MR) is 71.2 cm³/mol. The molecule has 2 nitrogen and oxygen atoms in total. The van der Waals surface area contributed by atoms with E-state index in [2.05, 4.69) is 37.4 Å². The van der Waals surface area contributed by atoms with Gasteiger partial charge in [-0.25, -0.2) is 0 Å². The van der Waals surface area contributed by atoms with Crippen LogP contribution in [0.1, 0.15) is 18.1 Å². The molecule has 0 aliphatic rings. The molecule has 90 valence electrons. The smallest absolute Gasteiger partial charge is 0.0587 e. The van der Waals surface area contributed by atoms with Gasteiger partial charge in [0.2, 0.25) is 0 Å². The van der Waals surface area contributed by atoms with Crippen LogP contribution >= 0.6 is 11.8 Å². The number of rotatable bonds is 7. The van der Waals surface area contributed by atoms with Crippen molar-refractivity contribution in [2.75, 3.05) is 26.0 Å². The van der Waals surface area contributed by atoms with Gasteiger partial charge in [0.15, 0.2) is 0 Å². The first-order valence-electron chi connectivity index (χ1n) is 5.70. The molecule has 0 saturated carbocycles. The van der Waals surface area contributed by atoms with Crippen molar-refractivity contribution < 1.29 is 4.74 Å². The maximum atomic E-state index is 5.00. The Morgan fingerprint density at radius 1 is 1.38 bits per heavy atom. The molecule has 0 aliphatic carbocycles. The normalized spacial score (nSPS) is 10.7. The summed E-state index contributed by atoms with van der Waals surface area (Å²) in [6.45, 7) is 6.95. The van der Waals surface area contributed by atoms with Crippen LogP contribution < -0.4 is 5.32 Å². The summed E-state index contributed by atoms with van der Waals surface area (Å²) >= 11 is 1.89. The number of hydrogen-bond donors (Lipinski definition) is 1. The van der Waals surface area contributed by atoms with Crippen LogP contribution in [0.2, 0.25) is 0 Å². The zero-order valence-corrected chi connectivity index (χ0v) is 11.2. The van der Waals surface area contributed by atoms with Crippen LogP contribution in [0.3, 0.4) is 0 Å². The monoisotopic (exact) mass is 239 g/mol. The van der Waals surface area contributed by atoms with E-state index in [1.54, 1.807) is 7.11 Å². The lowest BCUT2D eigenvalue weighted by Gasteiger charge is -2.09. The maximum Gasteiger partial charge on any atom is 0.0587 e. The van der Waals surface area contributed by atoms with E-state index in [-0.39, 0.29) is 0 Å². The van der Waals surface area contributed by atoms with E-state index in [1.165, 1.54) is 16.0 Å². The van der Waals surface area contributed by atoms with Gasteiger partial charge in [-0.15, -0.1) is 11.8 Å². The fraction of sp³-hybridized carbons (Fsp3) is 0.538. The van der Waals surface area contributed by atoms with Crippen LogP contribution in [-0.2, 0) is 11.3 Å². The van der Waals surface area contributed by atoms with Gasteiger partial charge in [-0.1, -0.05) is 13.0 Å². The Morgan fingerprint density at radius 3 is 2.81 bits per heavy atom. The molecule has 0 aliphatic heterocycles. The molecular weight excluding hydrogens is 218 g/mol. The Balaban J connectivity index is 2.47. The van der Waals surface area contributed by atoms with Crippen molar-refractivity contribution in [3.63, 3.8) is 0 Å². The van der Waals surface area contributed by atoms with E-state index in [9.17, 15) is 0 Å². The molecular formula is C13H21NOS. The summed E-state index contributed by atoms with van der Waals surface area (Å²) in [5, 5.41) is 3.36. The molecule has 0 heterocycles. The van der Waals surface area contributed by atoms with Gasteiger partial charge in [-0.3, -0.25) is 0 Å². The van der Waals surface area contributed by atoms with Gasteiger partial charge in [-0.2, -0.15) is 0 Å². The quantitative estimate of drug-likeness (QED) is 0.584. The van der Waals surface area contributed by atoms with Crippen molar-refractivity contribution in [3.8, 4) is 0 Å². The zero-order chi connectivity index (χ0) is 11.8. The van der Waals surface area contributed by atoms with Crippen LogP contribution in [0.5, 0.6) is 0 Å². The Hall–Kier alpha value is -0.510. The Bertz CT molecular complexity index is 315. The number of methoxy groups -OCH3 is 1. The second kappa shape index (κ2) is 7.71. The Morgan fingerprint density at radius 2 is 2.19 bits per heavy atom. The zero-order valence-electron chi connectivity index (χ0n) is 10.4. The second-order valence-corrected chi connectivity index (χ2v) is 5.03. The summed E-state index contributed by atoms with van der Waals surface area (Å²) in [6.07, 6.45) is 0. The molecule has 0 radical (unpaired) electrons. The molecule has 3 heteroatoms. The van der Waals surface area contributed by atoms with E-state index in [0.717, 1.165) is 25.4 Å². The third kappa shape index (κ3) is 4.56. The molecule has 1 aromatic rings. The topological polar surface area (TPSA) is 21.3 Å². The van der Waals surface area contributed by atoms with E-state index in [4.69, 9.17) is 4.74 Å². The van der Waals surface area contributed by atoms with Crippen molar-refractivity contribution in [2.24, 2.45) is 0 Å². The SMILES string of the molecule is CCSc1ccc(CNCCOC)c(C)c1. The van der Waals surface area contributed by atoms with E-state index in [1.807, 2.05) is 11.8 Å². The van der Waals surface area contributed by atoms with E-state index >= 15 is 0 Å². The second-order valence-electron chi connectivity index (χ2n) is 3.69. The largest absolute Gasteiger partial charge is 0.383 e. The minimum Gasteiger partial charge on any atom is -0.383 e. The van der Waals surface area contributed by atoms with Crippen LogP contribution in [0.15, 0.2) is 23.1 Å². The summed E-state index contributed by atoms with van der Waals surface area (Å²) < 4.78 is 5.00. The summed E-state index contributed by atoms with van der Waals surface area (Å²) in [7, 11) is 1.73. The average Bonchev–Trinajstić information content (AvgIpc) is 2.27. The van der Waals surface area contributed by atoms with Gasteiger partial charge in [0.1, 0.15) is 0 Å². The summed E-state index contributed by atoms with van der Waals surface area (Å²) in [5.74, 6) is 1.13. The number of ether oxygens (including phenoxy) is 1. The van der Waals surface area contributed by atoms with Crippen molar-refractivity contribution in [2.45, 2.75) is 25.3 Å². The first kappa shape index (κ1) is 13.6. The highest BCUT2D eigenvalue weighted by Crippen LogP contribution is 2.20. The molecule has 0 fully saturated rings. The molecule has 0 saturated heterocycles. The van der Waals surface area contributed by atoms with E-state index in [0.29, 0.717) is 0 Å². The molecule has 0 spiro atoms. The molecule has 0 unspecified atom stereocenters. The van der Waals surface area contributed by atoms with Crippen molar-refractivity contribution >= 4 is 11.8 Å². The lowest BCUT2D eigenvalue weighted by Crippen LogP contribution is -2.19. The van der Waals surface area contributed by atoms with Crippen molar-refractivity contribution in [3.05, 3.63) is 29.3 Å². The number of benzene rings is 1. The van der Waals surface area contributed by atoms with Crippen LogP contribution in [0.25, 0.3) is 0 Å². The molecule has 0 bridgehead atoms. The minimum atomic E-state index is 0.767. The fourth-order valence-corrected chi connectivity index (χ4v) is 2.28. The predicted octanol–water partition coefficient (Wildman–Crippen LogP) is 2.84. The van der Waals surface area contributed by atoms with Gasteiger partial charge >= 0.3 is 0 Å². The first-order chi connectivity index (χ1) is 7.77. The van der Waals surface area contributed by atoms with Crippen molar-refractivity contribution in [1.29, 1.82) is 0 Å². The molecule has 1 N–H and O–H groups in total. The lowest BCUT2D eigenvalue weighted by atomic mass is 10.1. The summed E-state index contributed by atoms with van der Waals surface area (Å²) in [6, 6.07) is 6.68. The third-order valence-electron chi connectivity index (χ3n) is 2.42. The Labute approximate surface area is 103 Å². The average molecular weight is 239 g/mol. The highest BCUT2D eigenvalue weighted by molar-refractivity contribution is 7.99. The molecule has 0 atom stereocenters. The van der Waals surface area contributed by atoms with Crippen LogP contribution in [-0.4, -0.2) is 26.0 Å². The number of thioether (sulfide) groups is 1. The maximum absolute atomic E-state index is 5.00. The lowest BCUT2D eigenvalue weighted by molar-refractivity contribution is 0.199. The fourth-order valence-electron chi connectivity index (χ4n) is 1.52. The highest BCUT2D eigenvalue weighted by atomic mass is 32.2. The minimum absolute atomic E-state index is 0.767. The summed E-state index contributed by atoms with van der Waals surface area (Å²) in [4.78, 5) is 1.36. The van der Waals surface area contributed by atoms with Gasteiger partial charge in [0.05, 0.1) is 6.61 Å². The summed E-state index contributed by atoms with van der Waals surface area (Å²) in [5.41, 5.74) is 2.74. The van der Waals surface area contributed by atoms with Gasteiger partial charge in [-0.05, 0) is 35.9 Å². The standard InChI is InChI=1S/C13H21NOS/c1-4-16-13-6-5-12(11(2)9-13)10-14-7-8-15-3/h5-6,9,14H,4,7-8,10H2,1-3H3. The number of nitrogens with one attached hydrogen (secondary N) is 1. The Kier molecular flexibility index (Phi) is 6.53. The molecule has 0 aromatic heterocycles. The third-order valence-corrected chi connectivity index (χ3v) is 3.30. The number of aryl methyl sites for hydroxylation is 1. The number of hydrogen-bond acceptors (Lipinski definition) is 3. The molecule has 16 heavy (non-hydrogen) atoms. The molecule has 0 amide bonds. The highest BCUT2D eigenvalue weighted by Gasteiger charge is 1.99. The van der Waals surface area contributed by atoms with Crippen molar-refractivity contribution in [1.82, 2.24) is 5.32 Å². The van der Waals surface area contributed by atoms with Crippen LogP contribution in [0, 0.1) is 6.92 Å². The van der Waals surface area contributed by atoms with Gasteiger partial charge in [0.25, 0.3) is 0 Å². The molecule has 1 aromatic carbocycles. The van der Waals surface area contributed by atoms with E-state index < -0.39 is 0 Å². The molecule has 1 rings (SSSR count).